The van der Waals surface area contributed by atoms with E-state index in [2.05, 4.69) is 54.5 Å². The Bertz CT molecular complexity index is 889. The van der Waals surface area contributed by atoms with E-state index >= 15 is 0 Å². The molecular formula is C31H50N4O2. The maximum Gasteiger partial charge on any atom is 0.228 e. The van der Waals surface area contributed by atoms with Gasteiger partial charge in [0.1, 0.15) is 0 Å². The summed E-state index contributed by atoms with van der Waals surface area (Å²) >= 11 is 0. The number of benzene rings is 1. The van der Waals surface area contributed by atoms with E-state index in [1.807, 2.05) is 17.0 Å². The zero-order chi connectivity index (χ0) is 26.4. The fourth-order valence-electron chi connectivity index (χ4n) is 6.42. The Labute approximate surface area is 225 Å². The molecule has 1 saturated heterocycles. The average Bonchev–Trinajstić information content (AvgIpc) is 2.86. The molecule has 2 fully saturated rings. The van der Waals surface area contributed by atoms with Gasteiger partial charge in [0, 0.05) is 64.0 Å². The van der Waals surface area contributed by atoms with Crippen LogP contribution in [0.1, 0.15) is 78.2 Å². The SMILES string of the molecule is CC(C)CC(=O)N1CCCN(CC(C)C)CCN(C(=O)C2CN(C3CCCCC3)C2)Cc2ccccc21. The van der Waals surface area contributed by atoms with Crippen LogP contribution in [0.4, 0.5) is 5.69 Å². The van der Waals surface area contributed by atoms with Crippen LogP contribution in [0.15, 0.2) is 24.3 Å². The Morgan fingerprint density at radius 3 is 2.30 bits per heavy atom. The van der Waals surface area contributed by atoms with Crippen molar-refractivity contribution in [3.8, 4) is 0 Å². The first-order valence-corrected chi connectivity index (χ1v) is 14.9. The molecule has 37 heavy (non-hydrogen) atoms. The molecule has 3 aliphatic rings. The Morgan fingerprint density at radius 1 is 0.865 bits per heavy atom. The van der Waals surface area contributed by atoms with Gasteiger partial charge in [0.15, 0.2) is 0 Å². The smallest absolute Gasteiger partial charge is 0.228 e. The summed E-state index contributed by atoms with van der Waals surface area (Å²) in [6.07, 6.45) is 8.11. The molecule has 0 spiro atoms. The minimum atomic E-state index is 0.108. The Balaban J connectivity index is 1.54. The molecule has 2 amide bonds. The standard InChI is InChI=1S/C31H50N4O2/c1-24(2)19-30(36)35-16-10-15-32(20-25(3)4)17-18-33(21-26-11-8-9-14-29(26)35)31(37)27-22-34(23-27)28-12-6-5-7-13-28/h8-9,11,14,24-25,27-28H,5-7,10,12-13,15-23H2,1-4H3. The molecule has 4 rings (SSSR count). The van der Waals surface area contributed by atoms with E-state index in [0.717, 1.165) is 63.5 Å². The summed E-state index contributed by atoms with van der Waals surface area (Å²) in [5.74, 6) is 1.49. The Kier molecular flexibility index (Phi) is 10.1. The third kappa shape index (κ3) is 7.57. The highest BCUT2D eigenvalue weighted by Gasteiger charge is 2.39. The van der Waals surface area contributed by atoms with E-state index in [4.69, 9.17) is 0 Å². The summed E-state index contributed by atoms with van der Waals surface area (Å²) in [5.41, 5.74) is 2.08. The van der Waals surface area contributed by atoms with Crippen molar-refractivity contribution in [3.05, 3.63) is 29.8 Å². The van der Waals surface area contributed by atoms with Gasteiger partial charge < -0.3 is 14.7 Å². The van der Waals surface area contributed by atoms with Crippen molar-refractivity contribution in [2.45, 2.75) is 85.2 Å². The Morgan fingerprint density at radius 2 is 1.59 bits per heavy atom. The number of hydrogen-bond acceptors (Lipinski definition) is 4. The molecule has 0 aromatic heterocycles. The van der Waals surface area contributed by atoms with Gasteiger partial charge in [0.05, 0.1) is 5.92 Å². The second kappa shape index (κ2) is 13.2. The minimum absolute atomic E-state index is 0.108. The van der Waals surface area contributed by atoms with E-state index in [9.17, 15) is 9.59 Å². The topological polar surface area (TPSA) is 47.1 Å². The van der Waals surface area contributed by atoms with Crippen molar-refractivity contribution in [1.29, 1.82) is 0 Å². The van der Waals surface area contributed by atoms with Gasteiger partial charge in [0.25, 0.3) is 0 Å². The molecular weight excluding hydrogens is 460 g/mol. The van der Waals surface area contributed by atoms with Crippen LogP contribution in [0.2, 0.25) is 0 Å². The predicted molar refractivity (Wildman–Crippen MR) is 151 cm³/mol. The summed E-state index contributed by atoms with van der Waals surface area (Å²) in [5, 5.41) is 0. The molecule has 206 valence electrons. The lowest BCUT2D eigenvalue weighted by Crippen LogP contribution is -2.58. The van der Waals surface area contributed by atoms with Crippen molar-refractivity contribution >= 4 is 17.5 Å². The highest BCUT2D eigenvalue weighted by molar-refractivity contribution is 5.94. The normalized spacial score (nSPS) is 21.6. The van der Waals surface area contributed by atoms with Crippen LogP contribution in [-0.2, 0) is 16.1 Å². The summed E-state index contributed by atoms with van der Waals surface area (Å²) in [6.45, 7) is 15.5. The van der Waals surface area contributed by atoms with E-state index in [1.54, 1.807) is 0 Å². The first-order chi connectivity index (χ1) is 17.8. The molecule has 1 saturated carbocycles. The maximum absolute atomic E-state index is 13.9. The minimum Gasteiger partial charge on any atom is -0.337 e. The molecule has 2 heterocycles. The van der Waals surface area contributed by atoms with Gasteiger partial charge in [-0.05, 0) is 49.3 Å². The lowest BCUT2D eigenvalue weighted by atomic mass is 9.88. The van der Waals surface area contributed by atoms with Crippen molar-refractivity contribution < 1.29 is 9.59 Å². The van der Waals surface area contributed by atoms with Crippen molar-refractivity contribution in [2.24, 2.45) is 17.8 Å². The number of para-hydroxylation sites is 1. The number of hydrogen-bond donors (Lipinski definition) is 0. The molecule has 1 aromatic rings. The molecule has 0 bridgehead atoms. The van der Waals surface area contributed by atoms with Crippen molar-refractivity contribution in [3.63, 3.8) is 0 Å². The second-order valence-electron chi connectivity index (χ2n) is 12.5. The van der Waals surface area contributed by atoms with Gasteiger partial charge in [0.2, 0.25) is 11.8 Å². The fourth-order valence-corrected chi connectivity index (χ4v) is 6.42. The highest BCUT2D eigenvalue weighted by Crippen LogP contribution is 2.31. The molecule has 6 heteroatoms. The third-order valence-electron chi connectivity index (χ3n) is 8.35. The molecule has 1 aliphatic carbocycles. The zero-order valence-electron chi connectivity index (χ0n) is 23.8. The fraction of sp³-hybridized carbons (Fsp3) is 0.742. The van der Waals surface area contributed by atoms with Gasteiger partial charge >= 0.3 is 0 Å². The average molecular weight is 511 g/mol. The predicted octanol–water partition coefficient (Wildman–Crippen LogP) is 5.02. The van der Waals surface area contributed by atoms with Crippen molar-refractivity contribution in [2.75, 3.05) is 50.7 Å². The number of nitrogens with zero attached hydrogens (tertiary/aromatic N) is 4. The van der Waals surface area contributed by atoms with Crippen LogP contribution in [0.25, 0.3) is 0 Å². The second-order valence-corrected chi connectivity index (χ2v) is 12.5. The number of carbonyl (C=O) groups is 2. The molecule has 0 radical (unpaired) electrons. The van der Waals surface area contributed by atoms with Crippen LogP contribution in [0.3, 0.4) is 0 Å². The highest BCUT2D eigenvalue weighted by atomic mass is 16.2. The number of fused-ring (bicyclic) bond motifs is 1. The van der Waals surface area contributed by atoms with E-state index < -0.39 is 0 Å². The largest absolute Gasteiger partial charge is 0.337 e. The van der Waals surface area contributed by atoms with Crippen LogP contribution in [0, 0.1) is 17.8 Å². The number of rotatable bonds is 6. The number of likely N-dealkylation sites (tertiary alicyclic amines) is 1. The van der Waals surface area contributed by atoms with Gasteiger partial charge in [-0.15, -0.1) is 0 Å². The van der Waals surface area contributed by atoms with Gasteiger partial charge in [-0.2, -0.15) is 0 Å². The summed E-state index contributed by atoms with van der Waals surface area (Å²) in [4.78, 5) is 36.4. The van der Waals surface area contributed by atoms with E-state index in [1.165, 1.54) is 32.1 Å². The summed E-state index contributed by atoms with van der Waals surface area (Å²) in [7, 11) is 0. The van der Waals surface area contributed by atoms with E-state index in [-0.39, 0.29) is 11.8 Å². The quantitative estimate of drug-likeness (QED) is 0.539. The van der Waals surface area contributed by atoms with Crippen LogP contribution in [-0.4, -0.2) is 78.4 Å². The molecule has 6 nitrogen and oxygen atoms in total. The number of anilines is 1. The molecule has 0 atom stereocenters. The van der Waals surface area contributed by atoms with Crippen LogP contribution < -0.4 is 4.90 Å². The van der Waals surface area contributed by atoms with Crippen molar-refractivity contribution in [1.82, 2.24) is 14.7 Å². The number of carbonyl (C=O) groups excluding carboxylic acids is 2. The van der Waals surface area contributed by atoms with E-state index in [0.29, 0.717) is 36.8 Å². The summed E-state index contributed by atoms with van der Waals surface area (Å²) in [6, 6.07) is 8.95. The van der Waals surface area contributed by atoms with Gasteiger partial charge in [-0.25, -0.2) is 0 Å². The molecule has 0 N–H and O–H groups in total. The summed E-state index contributed by atoms with van der Waals surface area (Å²) < 4.78 is 0. The van der Waals surface area contributed by atoms with Crippen LogP contribution in [0.5, 0.6) is 0 Å². The lowest BCUT2D eigenvalue weighted by molar-refractivity contribution is -0.143. The Hall–Kier alpha value is -1.92. The zero-order valence-corrected chi connectivity index (χ0v) is 23.8. The first kappa shape index (κ1) is 28.1. The molecule has 1 aromatic carbocycles. The van der Waals surface area contributed by atoms with Crippen LogP contribution >= 0.6 is 0 Å². The third-order valence-corrected chi connectivity index (χ3v) is 8.35. The first-order valence-electron chi connectivity index (χ1n) is 14.9. The monoisotopic (exact) mass is 510 g/mol. The van der Waals surface area contributed by atoms with Gasteiger partial charge in [-0.3, -0.25) is 14.5 Å². The maximum atomic E-state index is 13.9. The number of amides is 2. The molecule has 2 aliphatic heterocycles. The van der Waals surface area contributed by atoms with Gasteiger partial charge in [-0.1, -0.05) is 65.2 Å². The molecule has 0 unspecified atom stereocenters. The lowest BCUT2D eigenvalue weighted by Gasteiger charge is -2.46.